The Balaban J connectivity index is 2.81. The van der Waals surface area contributed by atoms with Gasteiger partial charge < -0.3 is 10.2 Å². The number of nitrogens with one attached hydrogen (secondary N) is 2. The van der Waals surface area contributed by atoms with Gasteiger partial charge in [-0.25, -0.2) is 10.1 Å². The quantitative estimate of drug-likeness (QED) is 0.833. The molecule has 1 rings (SSSR count). The van der Waals surface area contributed by atoms with Crippen molar-refractivity contribution in [2.24, 2.45) is 0 Å². The number of carbonyl (C=O) groups excluding carboxylic acids is 1. The highest BCUT2D eigenvalue weighted by Crippen LogP contribution is 2.22. The van der Waals surface area contributed by atoms with E-state index < -0.39 is 12.3 Å². The molecule has 0 aliphatic rings. The Kier molecular flexibility index (Phi) is 5.24. The number of urea groups is 1. The zero-order chi connectivity index (χ0) is 15.3. The van der Waals surface area contributed by atoms with E-state index in [9.17, 15) is 18.0 Å². The molecule has 2 N–H and O–H groups in total. The number of rotatable bonds is 4. The molecule has 0 radical (unpaired) electrons. The van der Waals surface area contributed by atoms with Gasteiger partial charge in [0.2, 0.25) is 0 Å². The summed E-state index contributed by atoms with van der Waals surface area (Å²) in [5, 5.41) is 3.07. The van der Waals surface area contributed by atoms with Crippen molar-refractivity contribution in [1.82, 2.24) is 5.32 Å². The molecule has 2 amide bonds. The zero-order valence-corrected chi connectivity index (χ0v) is 11.6. The summed E-state index contributed by atoms with van der Waals surface area (Å²) in [5.41, 5.74) is 2.02. The van der Waals surface area contributed by atoms with Crippen LogP contribution in [0.5, 0.6) is 0 Å². The number of hydrogen-bond donors (Lipinski definition) is 2. The van der Waals surface area contributed by atoms with Crippen LogP contribution in [0, 0.1) is 6.92 Å². The van der Waals surface area contributed by atoms with Gasteiger partial charge in [0, 0.05) is 24.5 Å². The first-order valence-electron chi connectivity index (χ1n) is 6.28. The standard InChI is InChI=1S/C13H18F3N3O/c1-4-19(5-2)10-6-7-11(9(3)8-10)17-12(20)18-13(14,15)16/h6-8H,4-5H2,1-3H3,(H2,17,18,20). The van der Waals surface area contributed by atoms with E-state index in [1.165, 1.54) is 0 Å². The number of hydrogen-bond acceptors (Lipinski definition) is 2. The van der Waals surface area contributed by atoms with E-state index in [0.29, 0.717) is 11.3 Å². The molecule has 0 atom stereocenters. The first-order valence-corrected chi connectivity index (χ1v) is 6.28. The Bertz CT molecular complexity index is 470. The molecular weight excluding hydrogens is 271 g/mol. The lowest BCUT2D eigenvalue weighted by molar-refractivity contribution is -0.144. The van der Waals surface area contributed by atoms with Crippen LogP contribution >= 0.6 is 0 Å². The lowest BCUT2D eigenvalue weighted by Gasteiger charge is -2.22. The maximum atomic E-state index is 12.0. The minimum Gasteiger partial charge on any atom is -0.372 e. The normalized spacial score (nSPS) is 11.1. The zero-order valence-electron chi connectivity index (χ0n) is 11.6. The van der Waals surface area contributed by atoms with Gasteiger partial charge in [0.05, 0.1) is 0 Å². The van der Waals surface area contributed by atoms with Crippen molar-refractivity contribution < 1.29 is 18.0 Å². The molecule has 0 spiro atoms. The lowest BCUT2D eigenvalue weighted by atomic mass is 10.1. The molecule has 7 heteroatoms. The molecule has 1 aromatic carbocycles. The van der Waals surface area contributed by atoms with Gasteiger partial charge in [-0.2, -0.15) is 13.2 Å². The topological polar surface area (TPSA) is 44.4 Å². The maximum Gasteiger partial charge on any atom is 0.485 e. The molecular formula is C13H18F3N3O. The molecule has 20 heavy (non-hydrogen) atoms. The van der Waals surface area contributed by atoms with Gasteiger partial charge in [0.15, 0.2) is 0 Å². The summed E-state index contributed by atoms with van der Waals surface area (Å²) in [6.07, 6.45) is -4.74. The fraction of sp³-hybridized carbons (Fsp3) is 0.462. The minimum absolute atomic E-state index is 0.350. The first-order chi connectivity index (χ1) is 9.26. The van der Waals surface area contributed by atoms with E-state index in [0.717, 1.165) is 24.1 Å². The maximum absolute atomic E-state index is 12.0. The number of carbonyl (C=O) groups is 1. The lowest BCUT2D eigenvalue weighted by Crippen LogP contribution is -2.40. The van der Waals surface area contributed by atoms with E-state index in [-0.39, 0.29) is 0 Å². The summed E-state index contributed by atoms with van der Waals surface area (Å²) in [7, 11) is 0. The van der Waals surface area contributed by atoms with E-state index in [1.54, 1.807) is 19.1 Å². The molecule has 1 aromatic rings. The van der Waals surface area contributed by atoms with Gasteiger partial charge in [0.1, 0.15) is 0 Å². The SMILES string of the molecule is CCN(CC)c1ccc(NC(=O)NC(F)(F)F)c(C)c1. The third-order valence-electron chi connectivity index (χ3n) is 2.84. The predicted molar refractivity (Wildman–Crippen MR) is 72.9 cm³/mol. The number of alkyl halides is 3. The van der Waals surface area contributed by atoms with Crippen LogP contribution in [0.15, 0.2) is 18.2 Å². The van der Waals surface area contributed by atoms with Crippen LogP contribution in [0.3, 0.4) is 0 Å². The van der Waals surface area contributed by atoms with Crippen molar-refractivity contribution in [2.45, 2.75) is 27.1 Å². The Morgan fingerprint density at radius 1 is 1.25 bits per heavy atom. The third-order valence-corrected chi connectivity index (χ3v) is 2.84. The average Bonchev–Trinajstić information content (AvgIpc) is 2.31. The second-order valence-electron chi connectivity index (χ2n) is 4.25. The average molecular weight is 289 g/mol. The van der Waals surface area contributed by atoms with Crippen LogP contribution in [-0.2, 0) is 0 Å². The van der Waals surface area contributed by atoms with Crippen LogP contribution in [-0.4, -0.2) is 25.4 Å². The largest absolute Gasteiger partial charge is 0.485 e. The van der Waals surface area contributed by atoms with Gasteiger partial charge in [-0.05, 0) is 44.5 Å². The Hall–Kier alpha value is -1.92. The van der Waals surface area contributed by atoms with Gasteiger partial charge in [-0.1, -0.05) is 0 Å². The highest BCUT2D eigenvalue weighted by molar-refractivity contribution is 5.90. The van der Waals surface area contributed by atoms with Crippen molar-refractivity contribution in [3.05, 3.63) is 23.8 Å². The summed E-state index contributed by atoms with van der Waals surface area (Å²) in [6, 6.07) is 3.90. The molecule has 112 valence electrons. The van der Waals surface area contributed by atoms with E-state index in [1.807, 2.05) is 19.9 Å². The van der Waals surface area contributed by atoms with E-state index in [2.05, 4.69) is 10.2 Å². The fourth-order valence-corrected chi connectivity index (χ4v) is 1.86. The Labute approximate surface area is 116 Å². The van der Waals surface area contributed by atoms with Gasteiger partial charge in [0.25, 0.3) is 0 Å². The van der Waals surface area contributed by atoms with E-state index in [4.69, 9.17) is 0 Å². The molecule has 0 saturated heterocycles. The Morgan fingerprint density at radius 3 is 2.30 bits per heavy atom. The summed E-state index contributed by atoms with van der Waals surface area (Å²) in [4.78, 5) is 13.3. The van der Waals surface area contributed by atoms with Crippen molar-refractivity contribution in [3.63, 3.8) is 0 Å². The van der Waals surface area contributed by atoms with Crippen LogP contribution < -0.4 is 15.5 Å². The second-order valence-corrected chi connectivity index (χ2v) is 4.25. The van der Waals surface area contributed by atoms with Gasteiger partial charge in [-0.3, -0.25) is 0 Å². The predicted octanol–water partition coefficient (Wildman–Crippen LogP) is 3.48. The monoisotopic (exact) mass is 289 g/mol. The van der Waals surface area contributed by atoms with Crippen LogP contribution in [0.2, 0.25) is 0 Å². The highest BCUT2D eigenvalue weighted by atomic mass is 19.4. The summed E-state index contributed by atoms with van der Waals surface area (Å²) in [5.74, 6) is 0. The minimum atomic E-state index is -4.74. The first kappa shape index (κ1) is 16.1. The number of amides is 2. The molecule has 0 heterocycles. The second kappa shape index (κ2) is 6.49. The molecule has 0 aromatic heterocycles. The molecule has 0 aliphatic carbocycles. The van der Waals surface area contributed by atoms with Gasteiger partial charge in [-0.15, -0.1) is 0 Å². The molecule has 0 aliphatic heterocycles. The fourth-order valence-electron chi connectivity index (χ4n) is 1.86. The Morgan fingerprint density at radius 2 is 1.85 bits per heavy atom. The van der Waals surface area contributed by atoms with Crippen molar-refractivity contribution in [1.29, 1.82) is 0 Å². The van der Waals surface area contributed by atoms with Gasteiger partial charge >= 0.3 is 12.3 Å². The number of benzene rings is 1. The molecule has 4 nitrogen and oxygen atoms in total. The van der Waals surface area contributed by atoms with E-state index >= 15 is 0 Å². The molecule has 0 saturated carbocycles. The summed E-state index contributed by atoms with van der Waals surface area (Å²) in [6.45, 7) is 7.42. The highest BCUT2D eigenvalue weighted by Gasteiger charge is 2.30. The third kappa shape index (κ3) is 4.64. The van der Waals surface area contributed by atoms with Crippen molar-refractivity contribution >= 4 is 17.4 Å². The summed E-state index contributed by atoms with van der Waals surface area (Å²) >= 11 is 0. The van der Waals surface area contributed by atoms with Crippen LogP contribution in [0.4, 0.5) is 29.3 Å². The number of anilines is 2. The summed E-state index contributed by atoms with van der Waals surface area (Å²) < 4.78 is 36.0. The van der Waals surface area contributed by atoms with Crippen molar-refractivity contribution in [2.75, 3.05) is 23.3 Å². The molecule has 0 unspecified atom stereocenters. The van der Waals surface area contributed by atoms with Crippen LogP contribution in [0.25, 0.3) is 0 Å². The smallest absolute Gasteiger partial charge is 0.372 e. The molecule has 0 fully saturated rings. The van der Waals surface area contributed by atoms with Crippen molar-refractivity contribution in [3.8, 4) is 0 Å². The number of aryl methyl sites for hydroxylation is 1. The molecule has 0 bridgehead atoms. The van der Waals surface area contributed by atoms with Crippen LogP contribution in [0.1, 0.15) is 19.4 Å². The number of nitrogens with zero attached hydrogens (tertiary/aromatic N) is 1. The number of halogens is 3.